The van der Waals surface area contributed by atoms with Gasteiger partial charge in [0.2, 0.25) is 0 Å². The normalized spacial score (nSPS) is 15.9. The molecule has 3 heterocycles. The van der Waals surface area contributed by atoms with Crippen molar-refractivity contribution in [2.75, 3.05) is 0 Å². The van der Waals surface area contributed by atoms with Crippen molar-refractivity contribution in [1.29, 1.82) is 0 Å². The van der Waals surface area contributed by atoms with Gasteiger partial charge in [-0.15, -0.1) is 0 Å². The van der Waals surface area contributed by atoms with E-state index in [2.05, 4.69) is 194 Å². The first-order valence-electron chi connectivity index (χ1n) is 21.1. The second-order valence-electron chi connectivity index (χ2n) is 16.4. The van der Waals surface area contributed by atoms with Crippen molar-refractivity contribution in [3.05, 3.63) is 238 Å². The Morgan fingerprint density at radius 3 is 1.69 bits per heavy atom. The van der Waals surface area contributed by atoms with Gasteiger partial charge in [-0.1, -0.05) is 158 Å². The molecule has 2 aliphatic heterocycles. The van der Waals surface area contributed by atoms with Crippen molar-refractivity contribution in [1.82, 2.24) is 4.98 Å². The van der Waals surface area contributed by atoms with Gasteiger partial charge in [0.05, 0.1) is 16.8 Å². The molecule has 1 aromatic heterocycles. The Labute approximate surface area is 357 Å². The van der Waals surface area contributed by atoms with E-state index in [0.29, 0.717) is 5.84 Å². The van der Waals surface area contributed by atoms with Gasteiger partial charge in [0.1, 0.15) is 11.5 Å². The first-order chi connectivity index (χ1) is 30.0. The number of hydrogen-bond donors (Lipinski definition) is 0. The number of aliphatic imine (C=N–C) groups is 2. The Hall–Kier alpha value is -7.43. The van der Waals surface area contributed by atoms with Crippen LogP contribution in [0.25, 0.3) is 39.1 Å². The summed E-state index contributed by atoms with van der Waals surface area (Å²) < 4.78 is 6.58. The number of amidine groups is 1. The van der Waals surface area contributed by atoms with Gasteiger partial charge in [-0.3, -0.25) is 4.98 Å². The summed E-state index contributed by atoms with van der Waals surface area (Å²) in [5, 5.41) is 0. The largest absolute Gasteiger partial charge is 0.457 e. The van der Waals surface area contributed by atoms with Gasteiger partial charge in [-0.05, 0) is 114 Å². The first kappa shape index (κ1) is 36.6. The summed E-state index contributed by atoms with van der Waals surface area (Å²) in [4.78, 5) is 15.4. The monoisotopic (exact) mass is 785 g/mol. The number of allylic oxidation sites excluding steroid dienone is 1. The second-order valence-corrected chi connectivity index (χ2v) is 16.4. The first-order valence-corrected chi connectivity index (χ1v) is 21.1. The predicted octanol–water partition coefficient (Wildman–Crippen LogP) is 14.0. The van der Waals surface area contributed by atoms with Crippen LogP contribution in [0.5, 0.6) is 11.5 Å². The maximum Gasteiger partial charge on any atom is 0.160 e. The van der Waals surface area contributed by atoms with Gasteiger partial charge in [0.25, 0.3) is 0 Å². The molecule has 0 fully saturated rings. The van der Waals surface area contributed by atoms with E-state index in [1.807, 2.05) is 13.8 Å². The zero-order chi connectivity index (χ0) is 41.1. The smallest absolute Gasteiger partial charge is 0.160 e. The molecule has 4 nitrogen and oxygen atoms in total. The maximum atomic E-state index is 6.58. The van der Waals surface area contributed by atoms with Gasteiger partial charge >= 0.3 is 0 Å². The van der Waals surface area contributed by atoms with Crippen molar-refractivity contribution in [2.45, 2.75) is 39.0 Å². The van der Waals surface area contributed by atoms with Crippen molar-refractivity contribution >= 4 is 17.2 Å². The molecule has 0 bridgehead atoms. The number of aryl methyl sites for hydroxylation is 2. The van der Waals surface area contributed by atoms with Crippen LogP contribution in [0.15, 0.2) is 198 Å². The molecule has 11 rings (SSSR count). The van der Waals surface area contributed by atoms with Crippen molar-refractivity contribution < 1.29 is 4.74 Å². The van der Waals surface area contributed by atoms with E-state index in [-0.39, 0.29) is 0 Å². The van der Waals surface area contributed by atoms with E-state index in [1.165, 1.54) is 39.0 Å². The highest BCUT2D eigenvalue weighted by Crippen LogP contribution is 2.63. The SMILES string of the molecule is C/C1=C(/c2ccc(-c3cc(C)nc(C)c3)cc2)N=C(c2ccc(-c3cccc4c3-c3ccccc3C43c4ccccc4Oc4ccccc43)cc2)N=C(c2ccccc2)CC1. The maximum absolute atomic E-state index is 6.58. The lowest BCUT2D eigenvalue weighted by atomic mass is 9.66. The molecule has 0 saturated carbocycles. The van der Waals surface area contributed by atoms with Crippen LogP contribution in [-0.2, 0) is 5.41 Å². The van der Waals surface area contributed by atoms with Crippen molar-refractivity contribution in [2.24, 2.45) is 9.98 Å². The lowest BCUT2D eigenvalue weighted by molar-refractivity contribution is 0.436. The number of para-hydroxylation sites is 2. The fourth-order valence-electron chi connectivity index (χ4n) is 9.88. The Morgan fingerprint density at radius 1 is 0.426 bits per heavy atom. The molecular formula is C57H43N3O. The fraction of sp³-hybridized carbons (Fsp3) is 0.105. The second kappa shape index (κ2) is 14.7. The van der Waals surface area contributed by atoms with Gasteiger partial charge in [-0.25, -0.2) is 9.98 Å². The highest BCUT2D eigenvalue weighted by atomic mass is 16.5. The third-order valence-electron chi connectivity index (χ3n) is 12.6. The zero-order valence-corrected chi connectivity index (χ0v) is 34.5. The number of nitrogens with zero attached hydrogens (tertiary/aromatic N) is 3. The minimum atomic E-state index is -0.515. The number of ether oxygens (including phenoxy) is 1. The van der Waals surface area contributed by atoms with Crippen LogP contribution < -0.4 is 4.74 Å². The number of benzene rings is 7. The van der Waals surface area contributed by atoms with Crippen LogP contribution in [0, 0.1) is 13.8 Å². The molecule has 61 heavy (non-hydrogen) atoms. The molecular weight excluding hydrogens is 743 g/mol. The molecule has 0 atom stereocenters. The Kier molecular flexibility index (Phi) is 8.82. The molecule has 3 aliphatic rings. The summed E-state index contributed by atoms with van der Waals surface area (Å²) in [6.07, 6.45) is 1.69. The van der Waals surface area contributed by atoms with Crippen LogP contribution >= 0.6 is 0 Å². The molecule has 0 amide bonds. The zero-order valence-electron chi connectivity index (χ0n) is 34.5. The third kappa shape index (κ3) is 6.09. The van der Waals surface area contributed by atoms with Gasteiger partial charge in [0.15, 0.2) is 5.84 Å². The third-order valence-corrected chi connectivity index (χ3v) is 12.6. The average Bonchev–Trinajstić information content (AvgIpc) is 3.59. The van der Waals surface area contributed by atoms with Crippen molar-refractivity contribution in [3.63, 3.8) is 0 Å². The molecule has 0 saturated heterocycles. The van der Waals surface area contributed by atoms with Crippen LogP contribution in [0.3, 0.4) is 0 Å². The summed E-state index contributed by atoms with van der Waals surface area (Å²) in [6, 6.07) is 65.3. The quantitative estimate of drug-likeness (QED) is 0.174. The molecule has 292 valence electrons. The molecule has 4 heteroatoms. The molecule has 1 aliphatic carbocycles. The number of hydrogen-bond acceptors (Lipinski definition) is 4. The van der Waals surface area contributed by atoms with Gasteiger partial charge in [0, 0.05) is 33.6 Å². The Bertz CT molecular complexity index is 3050. The van der Waals surface area contributed by atoms with E-state index in [4.69, 9.17) is 14.7 Å². The van der Waals surface area contributed by atoms with Crippen LogP contribution in [-0.4, -0.2) is 16.5 Å². The number of rotatable bonds is 5. The summed E-state index contributed by atoms with van der Waals surface area (Å²) >= 11 is 0. The van der Waals surface area contributed by atoms with Crippen LogP contribution in [0.2, 0.25) is 0 Å². The van der Waals surface area contributed by atoms with E-state index in [1.54, 1.807) is 0 Å². The number of fused-ring (bicyclic) bond motifs is 9. The summed E-state index contributed by atoms with van der Waals surface area (Å²) in [5.74, 6) is 2.50. The van der Waals surface area contributed by atoms with E-state index in [0.717, 1.165) is 86.1 Å². The highest BCUT2D eigenvalue weighted by Gasteiger charge is 2.51. The lowest BCUT2D eigenvalue weighted by Gasteiger charge is -2.39. The summed E-state index contributed by atoms with van der Waals surface area (Å²) in [6.45, 7) is 6.31. The van der Waals surface area contributed by atoms with E-state index < -0.39 is 5.41 Å². The highest BCUT2D eigenvalue weighted by molar-refractivity contribution is 6.14. The van der Waals surface area contributed by atoms with Crippen LogP contribution in [0.4, 0.5) is 0 Å². The topological polar surface area (TPSA) is 46.8 Å². The van der Waals surface area contributed by atoms with E-state index in [9.17, 15) is 0 Å². The molecule has 7 aromatic carbocycles. The predicted molar refractivity (Wildman–Crippen MR) is 250 cm³/mol. The molecule has 8 aromatic rings. The van der Waals surface area contributed by atoms with Crippen molar-refractivity contribution in [3.8, 4) is 44.9 Å². The standard InChI is InChI=1S/C57H43N3O/c1-36-24-33-51(41-14-5-4-6-15-41)59-56(60-55(36)42-29-25-39(26-30-42)44-34-37(2)58-38(3)35-44)43-31-27-40(28-32-43)45-17-13-21-50-54(45)46-16-7-8-18-47(46)57(50)48-19-9-11-22-52(48)61-53-23-12-10-20-49(53)57/h4-23,25-32,34-35H,24,33H2,1-3H3/b55-36+,59-51?,60-56?. The number of aromatic nitrogens is 1. The Morgan fingerprint density at radius 2 is 0.984 bits per heavy atom. The summed E-state index contributed by atoms with van der Waals surface area (Å²) in [5.41, 5.74) is 20.0. The minimum absolute atomic E-state index is 0.515. The average molecular weight is 786 g/mol. The van der Waals surface area contributed by atoms with Gasteiger partial charge < -0.3 is 4.74 Å². The molecule has 0 radical (unpaired) electrons. The van der Waals surface area contributed by atoms with Crippen LogP contribution in [0.1, 0.15) is 70.1 Å². The molecule has 0 unspecified atom stereocenters. The van der Waals surface area contributed by atoms with Gasteiger partial charge in [-0.2, -0.15) is 0 Å². The fourth-order valence-corrected chi connectivity index (χ4v) is 9.88. The molecule has 1 spiro atoms. The Balaban J connectivity index is 1.03. The minimum Gasteiger partial charge on any atom is -0.457 e. The van der Waals surface area contributed by atoms with E-state index >= 15 is 0 Å². The molecule has 0 N–H and O–H groups in total. The number of pyridine rings is 1. The lowest BCUT2D eigenvalue weighted by Crippen LogP contribution is -2.32. The summed E-state index contributed by atoms with van der Waals surface area (Å²) in [7, 11) is 0.